The molecule has 0 spiro atoms. The van der Waals surface area contributed by atoms with Crippen molar-refractivity contribution in [1.82, 2.24) is 15.1 Å². The number of rotatable bonds is 5. The Hall–Kier alpha value is -0.620. The van der Waals surface area contributed by atoms with Crippen molar-refractivity contribution in [2.24, 2.45) is 5.92 Å². The van der Waals surface area contributed by atoms with E-state index in [-0.39, 0.29) is 11.3 Å². The molecule has 2 fully saturated rings. The Labute approximate surface area is 143 Å². The highest BCUT2D eigenvalue weighted by molar-refractivity contribution is 7.85. The first-order valence-electron chi connectivity index (χ1n) is 9.18. The van der Waals surface area contributed by atoms with Gasteiger partial charge in [0.25, 0.3) is 0 Å². The normalized spacial score (nSPS) is 27.7. The summed E-state index contributed by atoms with van der Waals surface area (Å²) < 4.78 is 11.8. The lowest BCUT2D eigenvalue weighted by Crippen LogP contribution is -2.41. The van der Waals surface area contributed by atoms with Crippen LogP contribution in [0.5, 0.6) is 0 Å². The minimum Gasteiger partial charge on any atom is -0.338 e. The lowest BCUT2D eigenvalue weighted by molar-refractivity contribution is 0.188. The van der Waals surface area contributed by atoms with Gasteiger partial charge in [-0.25, -0.2) is 4.79 Å². The molecule has 2 aliphatic rings. The lowest BCUT2D eigenvalue weighted by Gasteiger charge is -2.30. The number of urea groups is 1. The molecule has 0 radical (unpaired) electrons. The third-order valence-corrected chi connectivity index (χ3v) is 6.88. The SMILES string of the molecule is CC1CCN(CCCCNC(=O)N2CCC(C)S(=O)CC2)CC1. The van der Waals surface area contributed by atoms with Crippen molar-refractivity contribution in [1.29, 1.82) is 0 Å². The number of nitrogens with one attached hydrogen (secondary N) is 1. The van der Waals surface area contributed by atoms with Crippen LogP contribution in [0.15, 0.2) is 0 Å². The fourth-order valence-electron chi connectivity index (χ4n) is 3.24. The summed E-state index contributed by atoms with van der Waals surface area (Å²) >= 11 is 0. The number of carbonyl (C=O) groups excluding carboxylic acids is 1. The van der Waals surface area contributed by atoms with Gasteiger partial charge in [0.2, 0.25) is 0 Å². The van der Waals surface area contributed by atoms with Crippen LogP contribution in [0.25, 0.3) is 0 Å². The van der Waals surface area contributed by atoms with Gasteiger partial charge in [-0.2, -0.15) is 0 Å². The van der Waals surface area contributed by atoms with Crippen LogP contribution in [0, 0.1) is 5.92 Å². The second-order valence-corrected chi connectivity index (χ2v) is 9.11. The average molecular weight is 344 g/mol. The Kier molecular flexibility index (Phi) is 7.83. The van der Waals surface area contributed by atoms with Gasteiger partial charge < -0.3 is 15.1 Å². The van der Waals surface area contributed by atoms with Crippen molar-refractivity contribution in [3.63, 3.8) is 0 Å². The van der Waals surface area contributed by atoms with Crippen molar-refractivity contribution in [3.8, 4) is 0 Å². The van der Waals surface area contributed by atoms with E-state index >= 15 is 0 Å². The van der Waals surface area contributed by atoms with Crippen LogP contribution in [-0.4, -0.2) is 70.3 Å². The molecule has 1 N–H and O–H groups in total. The summed E-state index contributed by atoms with van der Waals surface area (Å²) in [4.78, 5) is 16.5. The van der Waals surface area contributed by atoms with E-state index in [0.717, 1.165) is 44.8 Å². The molecule has 2 amide bonds. The van der Waals surface area contributed by atoms with E-state index in [4.69, 9.17) is 0 Å². The molecule has 0 aromatic rings. The first-order chi connectivity index (χ1) is 11.1. The molecule has 0 aromatic carbocycles. The first-order valence-corrected chi connectivity index (χ1v) is 10.6. The van der Waals surface area contributed by atoms with Gasteiger partial charge in [-0.05, 0) is 57.7 Å². The highest BCUT2D eigenvalue weighted by atomic mass is 32.2. The van der Waals surface area contributed by atoms with Crippen LogP contribution in [-0.2, 0) is 10.8 Å². The van der Waals surface area contributed by atoms with Gasteiger partial charge in [-0.3, -0.25) is 4.21 Å². The maximum absolute atomic E-state index is 12.2. The Balaban J connectivity index is 1.55. The van der Waals surface area contributed by atoms with E-state index in [1.165, 1.54) is 25.9 Å². The van der Waals surface area contributed by atoms with Crippen LogP contribution >= 0.6 is 0 Å². The fraction of sp³-hybridized carbons (Fsp3) is 0.941. The number of piperidine rings is 1. The highest BCUT2D eigenvalue weighted by Gasteiger charge is 2.22. The van der Waals surface area contributed by atoms with E-state index < -0.39 is 10.8 Å². The maximum atomic E-state index is 12.2. The molecule has 134 valence electrons. The van der Waals surface area contributed by atoms with Gasteiger partial charge in [-0.1, -0.05) is 13.8 Å². The van der Waals surface area contributed by atoms with Gasteiger partial charge in [0.15, 0.2) is 0 Å². The number of unbranched alkanes of at least 4 members (excludes halogenated alkanes) is 1. The van der Waals surface area contributed by atoms with E-state index in [9.17, 15) is 9.00 Å². The first kappa shape index (κ1) is 18.7. The molecule has 2 rings (SSSR count). The number of nitrogens with zero attached hydrogens (tertiary/aromatic N) is 2. The number of hydrogen-bond acceptors (Lipinski definition) is 3. The van der Waals surface area contributed by atoms with E-state index in [2.05, 4.69) is 17.1 Å². The zero-order chi connectivity index (χ0) is 16.7. The topological polar surface area (TPSA) is 52.7 Å². The second kappa shape index (κ2) is 9.62. The summed E-state index contributed by atoms with van der Waals surface area (Å²) in [6.07, 6.45) is 5.67. The van der Waals surface area contributed by atoms with Crippen molar-refractivity contribution < 1.29 is 9.00 Å². The zero-order valence-electron chi connectivity index (χ0n) is 14.8. The highest BCUT2D eigenvalue weighted by Crippen LogP contribution is 2.16. The van der Waals surface area contributed by atoms with Gasteiger partial charge in [0.05, 0.1) is 0 Å². The Morgan fingerprint density at radius 3 is 2.57 bits per heavy atom. The summed E-state index contributed by atoms with van der Waals surface area (Å²) in [5.41, 5.74) is 0. The number of hydrogen-bond donors (Lipinski definition) is 1. The predicted octanol–water partition coefficient (Wildman–Crippen LogP) is 2.05. The second-order valence-electron chi connectivity index (χ2n) is 7.13. The van der Waals surface area contributed by atoms with Gasteiger partial charge in [0, 0.05) is 41.4 Å². The summed E-state index contributed by atoms with van der Waals surface area (Å²) in [5, 5.41) is 3.23. The van der Waals surface area contributed by atoms with Crippen LogP contribution < -0.4 is 5.32 Å². The van der Waals surface area contributed by atoms with Crippen LogP contribution in [0.3, 0.4) is 0 Å². The predicted molar refractivity (Wildman–Crippen MR) is 96.1 cm³/mol. The average Bonchev–Trinajstić information content (AvgIpc) is 2.71. The lowest BCUT2D eigenvalue weighted by atomic mass is 9.99. The number of likely N-dealkylation sites (tertiary alicyclic amines) is 1. The van der Waals surface area contributed by atoms with E-state index in [1.54, 1.807) is 0 Å². The molecule has 5 nitrogen and oxygen atoms in total. The molecular weight excluding hydrogens is 310 g/mol. The van der Waals surface area contributed by atoms with Gasteiger partial charge in [-0.15, -0.1) is 0 Å². The molecule has 0 bridgehead atoms. The zero-order valence-corrected chi connectivity index (χ0v) is 15.6. The Morgan fingerprint density at radius 2 is 1.83 bits per heavy atom. The quantitative estimate of drug-likeness (QED) is 0.777. The molecule has 6 heteroatoms. The molecule has 2 aliphatic heterocycles. The summed E-state index contributed by atoms with van der Waals surface area (Å²) in [6.45, 7) is 10.1. The van der Waals surface area contributed by atoms with Crippen LogP contribution in [0.2, 0.25) is 0 Å². The molecule has 0 aromatic heterocycles. The number of carbonyl (C=O) groups is 1. The van der Waals surface area contributed by atoms with Crippen molar-refractivity contribution in [2.75, 3.05) is 45.0 Å². The van der Waals surface area contributed by atoms with Crippen LogP contribution in [0.4, 0.5) is 4.79 Å². The molecule has 2 saturated heterocycles. The molecule has 23 heavy (non-hydrogen) atoms. The van der Waals surface area contributed by atoms with Gasteiger partial charge in [0.1, 0.15) is 0 Å². The molecule has 0 saturated carbocycles. The standard InChI is InChI=1S/C17H33N3O2S/c1-15-5-10-19(11-6-15)9-4-3-8-18-17(21)20-12-7-16(2)23(22)14-13-20/h15-16H,3-14H2,1-2H3,(H,18,21). The van der Waals surface area contributed by atoms with E-state index in [0.29, 0.717) is 12.3 Å². The largest absolute Gasteiger partial charge is 0.338 e. The van der Waals surface area contributed by atoms with Crippen LogP contribution in [0.1, 0.15) is 46.0 Å². The third kappa shape index (κ3) is 6.42. The Bertz CT molecular complexity index is 397. The summed E-state index contributed by atoms with van der Waals surface area (Å²) in [6, 6.07) is 0.0166. The minimum absolute atomic E-state index is 0.0166. The molecule has 2 heterocycles. The van der Waals surface area contributed by atoms with Crippen molar-refractivity contribution >= 4 is 16.8 Å². The number of amides is 2. The maximum Gasteiger partial charge on any atom is 0.317 e. The summed E-state index contributed by atoms with van der Waals surface area (Å²) in [5.74, 6) is 1.50. The fourth-order valence-corrected chi connectivity index (χ4v) is 4.41. The molecule has 2 atom stereocenters. The minimum atomic E-state index is -0.781. The van der Waals surface area contributed by atoms with Crippen molar-refractivity contribution in [2.45, 2.75) is 51.2 Å². The van der Waals surface area contributed by atoms with Gasteiger partial charge >= 0.3 is 6.03 Å². The molecule has 0 aliphatic carbocycles. The molecular formula is C17H33N3O2S. The summed E-state index contributed by atoms with van der Waals surface area (Å²) in [7, 11) is -0.781. The van der Waals surface area contributed by atoms with E-state index in [1.807, 2.05) is 11.8 Å². The smallest absolute Gasteiger partial charge is 0.317 e. The monoisotopic (exact) mass is 343 g/mol. The Morgan fingerprint density at radius 1 is 1.09 bits per heavy atom. The van der Waals surface area contributed by atoms with Crippen molar-refractivity contribution in [3.05, 3.63) is 0 Å². The molecule has 2 unspecified atom stereocenters. The third-order valence-electron chi connectivity index (χ3n) is 5.16.